The molecule has 0 aliphatic rings. The first-order chi connectivity index (χ1) is 15.6. The van der Waals surface area contributed by atoms with Crippen LogP contribution < -0.4 is 10.3 Å². The van der Waals surface area contributed by atoms with E-state index in [2.05, 4.69) is 20.9 Å². The molecule has 2 heterocycles. The van der Waals surface area contributed by atoms with Gasteiger partial charge in [-0.05, 0) is 54.1 Å². The number of rotatable bonds is 4. The predicted octanol–water partition coefficient (Wildman–Crippen LogP) is 6.70. The molecule has 0 unspecified atom stereocenters. The number of ether oxygens (including phenoxy) is 1. The Bertz CT molecular complexity index is 1480. The Morgan fingerprint density at radius 3 is 2.16 bits per heavy atom. The highest BCUT2D eigenvalue weighted by Gasteiger charge is 2.12. The molecule has 0 aliphatic heterocycles. The van der Waals surface area contributed by atoms with Crippen LogP contribution in [0.5, 0.6) is 5.75 Å². The quantitative estimate of drug-likeness (QED) is 0.310. The molecule has 0 radical (unpaired) electrons. The van der Waals surface area contributed by atoms with Crippen molar-refractivity contribution < 1.29 is 4.74 Å². The molecule has 0 saturated carbocycles. The lowest BCUT2D eigenvalue weighted by molar-refractivity contribution is 0.415. The minimum Gasteiger partial charge on any atom is -0.497 e. The van der Waals surface area contributed by atoms with Gasteiger partial charge in [-0.3, -0.25) is 4.79 Å². The van der Waals surface area contributed by atoms with Crippen LogP contribution in [0, 0.1) is 0 Å². The van der Waals surface area contributed by atoms with Crippen LogP contribution in [0.1, 0.15) is 0 Å². The van der Waals surface area contributed by atoms with Crippen molar-refractivity contribution in [3.05, 3.63) is 106 Å². The van der Waals surface area contributed by atoms with E-state index < -0.39 is 0 Å². The zero-order chi connectivity index (χ0) is 22.1. The summed E-state index contributed by atoms with van der Waals surface area (Å²) < 4.78 is 6.36. The summed E-state index contributed by atoms with van der Waals surface area (Å²) in [6.07, 6.45) is 0. The molecule has 156 valence electrons. The van der Waals surface area contributed by atoms with E-state index in [9.17, 15) is 4.79 Å². The Balaban J connectivity index is 1.74. The molecule has 0 saturated heterocycles. The fourth-order valence-electron chi connectivity index (χ4n) is 3.74. The van der Waals surface area contributed by atoms with Crippen molar-refractivity contribution in [2.75, 3.05) is 7.11 Å². The van der Waals surface area contributed by atoms with E-state index in [1.807, 2.05) is 91.0 Å². The van der Waals surface area contributed by atoms with Crippen LogP contribution >= 0.6 is 15.9 Å². The molecular formula is C27H19BrN2O2. The third-order valence-corrected chi connectivity index (χ3v) is 5.93. The monoisotopic (exact) mass is 482 g/mol. The summed E-state index contributed by atoms with van der Waals surface area (Å²) in [6.45, 7) is 0. The first-order valence-corrected chi connectivity index (χ1v) is 10.9. The lowest BCUT2D eigenvalue weighted by Crippen LogP contribution is -2.09. The fourth-order valence-corrected chi connectivity index (χ4v) is 4.00. The molecule has 5 rings (SSSR count). The Kier molecular flexibility index (Phi) is 5.33. The number of hydrogen-bond donors (Lipinski definition) is 1. The fraction of sp³-hybridized carbons (Fsp3) is 0.0370. The van der Waals surface area contributed by atoms with E-state index in [1.165, 1.54) is 0 Å². The number of aromatic amines is 1. The molecule has 32 heavy (non-hydrogen) atoms. The molecule has 2 aromatic heterocycles. The molecule has 0 amide bonds. The van der Waals surface area contributed by atoms with Gasteiger partial charge in [0.1, 0.15) is 5.75 Å². The number of aromatic nitrogens is 2. The number of methoxy groups -OCH3 is 1. The van der Waals surface area contributed by atoms with Crippen LogP contribution in [0.15, 0.2) is 100 Å². The van der Waals surface area contributed by atoms with E-state index in [4.69, 9.17) is 9.72 Å². The molecule has 0 spiro atoms. The third-order valence-electron chi connectivity index (χ3n) is 5.40. The summed E-state index contributed by atoms with van der Waals surface area (Å²) in [7, 11) is 1.63. The van der Waals surface area contributed by atoms with E-state index in [1.54, 1.807) is 7.11 Å². The molecular weight excluding hydrogens is 464 g/mol. The Labute approximate surface area is 193 Å². The predicted molar refractivity (Wildman–Crippen MR) is 133 cm³/mol. The van der Waals surface area contributed by atoms with E-state index in [-0.39, 0.29) is 5.56 Å². The summed E-state index contributed by atoms with van der Waals surface area (Å²) in [4.78, 5) is 20.9. The smallest absolute Gasteiger partial charge is 0.256 e. The number of fused-ring (bicyclic) bond motifs is 1. The average molecular weight is 483 g/mol. The van der Waals surface area contributed by atoms with Crippen molar-refractivity contribution in [3.8, 4) is 39.4 Å². The van der Waals surface area contributed by atoms with Gasteiger partial charge in [-0.15, -0.1) is 0 Å². The van der Waals surface area contributed by atoms with Gasteiger partial charge in [-0.1, -0.05) is 58.4 Å². The molecule has 0 fully saturated rings. The molecule has 0 aliphatic carbocycles. The Hall–Kier alpha value is -3.70. The van der Waals surface area contributed by atoms with Gasteiger partial charge < -0.3 is 9.72 Å². The third kappa shape index (κ3) is 3.95. The van der Waals surface area contributed by atoms with Crippen molar-refractivity contribution in [1.82, 2.24) is 9.97 Å². The molecule has 5 aromatic rings. The second-order valence-corrected chi connectivity index (χ2v) is 8.38. The summed E-state index contributed by atoms with van der Waals surface area (Å²) in [5.41, 5.74) is 5.61. The lowest BCUT2D eigenvalue weighted by atomic mass is 10.00. The number of benzene rings is 3. The molecule has 4 nitrogen and oxygen atoms in total. The number of hydrogen-bond acceptors (Lipinski definition) is 3. The maximum Gasteiger partial charge on any atom is 0.256 e. The van der Waals surface area contributed by atoms with Gasteiger partial charge in [-0.25, -0.2) is 4.98 Å². The van der Waals surface area contributed by atoms with Crippen molar-refractivity contribution in [2.45, 2.75) is 0 Å². The van der Waals surface area contributed by atoms with Crippen molar-refractivity contribution in [1.29, 1.82) is 0 Å². The van der Waals surface area contributed by atoms with Gasteiger partial charge in [0.25, 0.3) is 5.56 Å². The van der Waals surface area contributed by atoms with Crippen LogP contribution in [-0.4, -0.2) is 17.1 Å². The highest BCUT2D eigenvalue weighted by molar-refractivity contribution is 9.10. The topological polar surface area (TPSA) is 55.0 Å². The van der Waals surface area contributed by atoms with Crippen LogP contribution in [0.2, 0.25) is 0 Å². The Morgan fingerprint density at radius 2 is 1.47 bits per heavy atom. The van der Waals surface area contributed by atoms with Gasteiger partial charge in [0.05, 0.1) is 18.5 Å². The number of halogens is 1. The largest absolute Gasteiger partial charge is 0.497 e. The second-order valence-electron chi connectivity index (χ2n) is 7.46. The molecule has 5 heteroatoms. The normalized spacial score (nSPS) is 10.9. The van der Waals surface area contributed by atoms with Gasteiger partial charge in [0.2, 0.25) is 0 Å². The summed E-state index contributed by atoms with van der Waals surface area (Å²) in [5, 5.41) is 0.905. The highest BCUT2D eigenvalue weighted by atomic mass is 79.9. The number of nitrogens with one attached hydrogen (secondary N) is 1. The zero-order valence-electron chi connectivity index (χ0n) is 17.3. The van der Waals surface area contributed by atoms with Crippen molar-refractivity contribution >= 4 is 26.8 Å². The van der Waals surface area contributed by atoms with Crippen LogP contribution in [-0.2, 0) is 0 Å². The van der Waals surface area contributed by atoms with Crippen molar-refractivity contribution in [2.24, 2.45) is 0 Å². The molecule has 3 aromatic carbocycles. The standard InChI is InChI=1S/C27H19BrN2O2/c1-32-22-11-12-24-20(13-22)14-23(27(31)30-24)19-15-25(17-5-3-2-4-6-17)29-26(16-19)18-7-9-21(28)10-8-18/h2-16H,1H3,(H,30,31). The van der Waals surface area contributed by atoms with Crippen LogP contribution in [0.4, 0.5) is 0 Å². The lowest BCUT2D eigenvalue weighted by Gasteiger charge is -2.11. The maximum atomic E-state index is 13.0. The first kappa shape index (κ1) is 20.2. The number of nitrogens with zero attached hydrogens (tertiary/aromatic N) is 1. The van der Waals surface area contributed by atoms with Crippen LogP contribution in [0.3, 0.4) is 0 Å². The number of H-pyrrole nitrogens is 1. The minimum absolute atomic E-state index is 0.144. The number of pyridine rings is 2. The molecule has 0 atom stereocenters. The molecule has 0 bridgehead atoms. The maximum absolute atomic E-state index is 13.0. The summed E-state index contributed by atoms with van der Waals surface area (Å²) in [6, 6.07) is 29.4. The van der Waals surface area contributed by atoms with Gasteiger partial charge in [-0.2, -0.15) is 0 Å². The van der Waals surface area contributed by atoms with Crippen molar-refractivity contribution in [3.63, 3.8) is 0 Å². The zero-order valence-corrected chi connectivity index (χ0v) is 18.9. The van der Waals surface area contributed by atoms with E-state index >= 15 is 0 Å². The highest BCUT2D eigenvalue weighted by Crippen LogP contribution is 2.31. The van der Waals surface area contributed by atoms with Gasteiger partial charge in [0, 0.05) is 32.1 Å². The first-order valence-electron chi connectivity index (χ1n) is 10.2. The summed E-state index contributed by atoms with van der Waals surface area (Å²) >= 11 is 3.49. The molecule has 1 N–H and O–H groups in total. The minimum atomic E-state index is -0.144. The van der Waals surface area contributed by atoms with E-state index in [0.29, 0.717) is 5.56 Å². The van der Waals surface area contributed by atoms with Gasteiger partial charge >= 0.3 is 0 Å². The second kappa shape index (κ2) is 8.44. The average Bonchev–Trinajstić information content (AvgIpc) is 2.84. The van der Waals surface area contributed by atoms with Crippen LogP contribution in [0.25, 0.3) is 44.5 Å². The van der Waals surface area contributed by atoms with Gasteiger partial charge in [0.15, 0.2) is 0 Å². The SMILES string of the molecule is COc1ccc2[nH]c(=O)c(-c3cc(-c4ccccc4)nc(-c4ccc(Br)cc4)c3)cc2c1. The summed E-state index contributed by atoms with van der Waals surface area (Å²) in [5.74, 6) is 0.741. The Morgan fingerprint density at radius 1 is 0.781 bits per heavy atom. The van der Waals surface area contributed by atoms with E-state index in [0.717, 1.165) is 49.2 Å².